The third-order valence-electron chi connectivity index (χ3n) is 4.56. The average molecular weight is 351 g/mol. The van der Waals surface area contributed by atoms with Gasteiger partial charge in [0.05, 0.1) is 36.6 Å². The number of imidazole rings is 1. The number of aliphatic hydroxyl groups excluding tert-OH is 1. The normalized spacial score (nSPS) is 16.2. The van der Waals surface area contributed by atoms with Crippen LogP contribution >= 0.6 is 0 Å². The molecule has 134 valence electrons. The molecule has 0 aliphatic heterocycles. The summed E-state index contributed by atoms with van der Waals surface area (Å²) in [6.45, 7) is 1.95. The van der Waals surface area contributed by atoms with E-state index < -0.39 is 6.10 Å². The van der Waals surface area contributed by atoms with Crippen LogP contribution in [0.15, 0.2) is 36.9 Å². The second-order valence-electron chi connectivity index (χ2n) is 6.45. The first-order valence-electron chi connectivity index (χ1n) is 8.64. The van der Waals surface area contributed by atoms with Crippen LogP contribution in [0.2, 0.25) is 0 Å². The Morgan fingerprint density at radius 3 is 2.96 bits per heavy atom. The lowest BCUT2D eigenvalue weighted by molar-refractivity contribution is 0.151. The first kappa shape index (κ1) is 16.5. The van der Waals surface area contributed by atoms with Crippen LogP contribution in [0, 0.1) is 6.92 Å². The Kier molecular flexibility index (Phi) is 4.30. The Hall–Kier alpha value is -2.93. The van der Waals surface area contributed by atoms with Crippen molar-refractivity contribution >= 4 is 11.6 Å². The second kappa shape index (κ2) is 6.76. The van der Waals surface area contributed by atoms with Gasteiger partial charge in [0.15, 0.2) is 0 Å². The highest BCUT2D eigenvalue weighted by Gasteiger charge is 2.20. The van der Waals surface area contributed by atoms with E-state index >= 15 is 0 Å². The number of hydrogen-bond acceptors (Lipinski definition) is 6. The van der Waals surface area contributed by atoms with Crippen LogP contribution in [0.25, 0.3) is 5.69 Å². The van der Waals surface area contributed by atoms with Gasteiger partial charge in [-0.1, -0.05) is 0 Å². The van der Waals surface area contributed by atoms with Gasteiger partial charge in [0.2, 0.25) is 5.95 Å². The molecule has 7 nitrogen and oxygen atoms in total. The number of nitrogens with zero attached hydrogens (tertiary/aromatic N) is 4. The molecule has 1 aliphatic rings. The molecule has 3 aromatic rings. The van der Waals surface area contributed by atoms with Gasteiger partial charge in [-0.05, 0) is 43.9 Å². The van der Waals surface area contributed by atoms with Crippen molar-refractivity contribution in [3.63, 3.8) is 0 Å². The third kappa shape index (κ3) is 3.13. The third-order valence-corrected chi connectivity index (χ3v) is 4.56. The highest BCUT2D eigenvalue weighted by molar-refractivity contribution is 5.62. The lowest BCUT2D eigenvalue weighted by Gasteiger charge is -2.20. The Balaban J connectivity index is 1.62. The zero-order chi connectivity index (χ0) is 18.1. The summed E-state index contributed by atoms with van der Waals surface area (Å²) in [6, 6.07) is 5.78. The number of nitrogens with one attached hydrogen (secondary N) is 1. The number of methoxy groups -OCH3 is 1. The molecule has 1 unspecified atom stereocenters. The van der Waals surface area contributed by atoms with Crippen LogP contribution in [-0.2, 0) is 6.42 Å². The number of rotatable bonds is 4. The molecule has 0 saturated heterocycles. The molecule has 7 heteroatoms. The summed E-state index contributed by atoms with van der Waals surface area (Å²) < 4.78 is 7.45. The van der Waals surface area contributed by atoms with Crippen molar-refractivity contribution < 1.29 is 9.84 Å². The van der Waals surface area contributed by atoms with Gasteiger partial charge in [-0.25, -0.2) is 15.0 Å². The number of aryl methyl sites for hydroxylation is 2. The minimum atomic E-state index is -0.510. The van der Waals surface area contributed by atoms with Crippen LogP contribution in [0.1, 0.15) is 35.9 Å². The van der Waals surface area contributed by atoms with E-state index in [1.54, 1.807) is 19.6 Å². The van der Waals surface area contributed by atoms with Gasteiger partial charge in [0.1, 0.15) is 5.75 Å². The van der Waals surface area contributed by atoms with Crippen LogP contribution in [0.3, 0.4) is 0 Å². The molecule has 2 N–H and O–H groups in total. The second-order valence-corrected chi connectivity index (χ2v) is 6.45. The molecule has 1 aromatic carbocycles. The number of fused-ring (bicyclic) bond motifs is 1. The molecule has 0 bridgehead atoms. The Labute approximate surface area is 151 Å². The molecule has 2 heterocycles. The Bertz CT molecular complexity index is 937. The topological polar surface area (TPSA) is 85.1 Å². The number of aromatic nitrogens is 4. The quantitative estimate of drug-likeness (QED) is 0.751. The van der Waals surface area contributed by atoms with Crippen molar-refractivity contribution in [3.05, 3.63) is 53.9 Å². The lowest BCUT2D eigenvalue weighted by Crippen LogP contribution is -2.13. The van der Waals surface area contributed by atoms with Crippen molar-refractivity contribution in [1.82, 2.24) is 19.5 Å². The molecule has 0 radical (unpaired) electrons. The summed E-state index contributed by atoms with van der Waals surface area (Å²) in [7, 11) is 1.64. The van der Waals surface area contributed by atoms with Crippen LogP contribution in [0.5, 0.6) is 5.75 Å². The maximum absolute atomic E-state index is 10.2. The van der Waals surface area contributed by atoms with Crippen molar-refractivity contribution in [1.29, 1.82) is 0 Å². The minimum absolute atomic E-state index is 0.470. The largest absolute Gasteiger partial charge is 0.494 e. The summed E-state index contributed by atoms with van der Waals surface area (Å²) in [5.41, 5.74) is 4.41. The number of aliphatic hydroxyl groups is 1. The molecule has 26 heavy (non-hydrogen) atoms. The fourth-order valence-electron chi connectivity index (χ4n) is 3.23. The first-order chi connectivity index (χ1) is 12.6. The number of ether oxygens (including phenoxy) is 1. The summed E-state index contributed by atoms with van der Waals surface area (Å²) in [4.78, 5) is 13.1. The number of anilines is 2. The minimum Gasteiger partial charge on any atom is -0.494 e. The summed E-state index contributed by atoms with van der Waals surface area (Å²) >= 11 is 0. The smallest absolute Gasteiger partial charge is 0.227 e. The SMILES string of the molecule is COc1cc(Nc2ncc3c(n2)C(O)CCC3)ccc1-n1cnc(C)c1. The van der Waals surface area contributed by atoms with E-state index in [4.69, 9.17) is 4.74 Å². The van der Waals surface area contributed by atoms with Crippen molar-refractivity contribution in [2.45, 2.75) is 32.3 Å². The molecular weight excluding hydrogens is 330 g/mol. The molecule has 1 atom stereocenters. The number of benzene rings is 1. The van der Waals surface area contributed by atoms with E-state index in [2.05, 4.69) is 20.3 Å². The van der Waals surface area contributed by atoms with Gasteiger partial charge in [0, 0.05) is 24.1 Å². The van der Waals surface area contributed by atoms with Crippen LogP contribution < -0.4 is 10.1 Å². The van der Waals surface area contributed by atoms with Crippen molar-refractivity contribution in [2.24, 2.45) is 0 Å². The fourth-order valence-corrected chi connectivity index (χ4v) is 3.23. The van der Waals surface area contributed by atoms with E-state index in [1.807, 2.05) is 35.9 Å². The van der Waals surface area contributed by atoms with Crippen molar-refractivity contribution in [2.75, 3.05) is 12.4 Å². The standard InChI is InChI=1S/C19H21N5O2/c1-12-10-24(11-21-12)15-7-6-14(8-17(15)26-2)22-19-20-9-13-4-3-5-16(25)18(13)23-19/h6-11,16,25H,3-5H2,1-2H3,(H,20,22,23). The maximum atomic E-state index is 10.2. The molecule has 4 rings (SSSR count). The average Bonchev–Trinajstić information content (AvgIpc) is 3.08. The Morgan fingerprint density at radius 1 is 1.31 bits per heavy atom. The van der Waals surface area contributed by atoms with Gasteiger partial charge >= 0.3 is 0 Å². The van der Waals surface area contributed by atoms with Gasteiger partial charge in [0.25, 0.3) is 0 Å². The molecular formula is C19H21N5O2. The molecule has 0 spiro atoms. The molecule has 0 fully saturated rings. The lowest BCUT2D eigenvalue weighted by atomic mass is 9.95. The summed E-state index contributed by atoms with van der Waals surface area (Å²) in [6.07, 6.45) is 7.62. The van der Waals surface area contributed by atoms with E-state index in [-0.39, 0.29) is 0 Å². The highest BCUT2D eigenvalue weighted by atomic mass is 16.5. The van der Waals surface area contributed by atoms with Gasteiger partial charge in [-0.3, -0.25) is 0 Å². The zero-order valence-corrected chi connectivity index (χ0v) is 14.8. The van der Waals surface area contributed by atoms with E-state index in [0.717, 1.165) is 47.6 Å². The van der Waals surface area contributed by atoms with E-state index in [0.29, 0.717) is 11.7 Å². The van der Waals surface area contributed by atoms with Crippen molar-refractivity contribution in [3.8, 4) is 11.4 Å². The van der Waals surface area contributed by atoms with Gasteiger partial charge in [-0.2, -0.15) is 0 Å². The predicted octanol–water partition coefficient (Wildman–Crippen LogP) is 3.09. The predicted molar refractivity (Wildman–Crippen MR) is 98.1 cm³/mol. The maximum Gasteiger partial charge on any atom is 0.227 e. The van der Waals surface area contributed by atoms with Gasteiger partial charge in [-0.15, -0.1) is 0 Å². The summed E-state index contributed by atoms with van der Waals surface area (Å²) in [5.74, 6) is 1.18. The highest BCUT2D eigenvalue weighted by Crippen LogP contribution is 2.30. The molecule has 0 amide bonds. The monoisotopic (exact) mass is 351 g/mol. The molecule has 0 saturated carbocycles. The first-order valence-corrected chi connectivity index (χ1v) is 8.64. The molecule has 2 aromatic heterocycles. The van der Waals surface area contributed by atoms with Crippen LogP contribution in [0.4, 0.5) is 11.6 Å². The Morgan fingerprint density at radius 2 is 2.19 bits per heavy atom. The zero-order valence-electron chi connectivity index (χ0n) is 14.8. The van der Waals surface area contributed by atoms with Crippen LogP contribution in [-0.4, -0.2) is 31.7 Å². The van der Waals surface area contributed by atoms with E-state index in [9.17, 15) is 5.11 Å². The fraction of sp³-hybridized carbons (Fsp3) is 0.316. The molecule has 1 aliphatic carbocycles. The van der Waals surface area contributed by atoms with E-state index in [1.165, 1.54) is 0 Å². The van der Waals surface area contributed by atoms with Gasteiger partial charge < -0.3 is 19.7 Å². The number of hydrogen-bond donors (Lipinski definition) is 2. The summed E-state index contributed by atoms with van der Waals surface area (Å²) in [5, 5.41) is 13.3.